The Morgan fingerprint density at radius 2 is 1.67 bits per heavy atom. The van der Waals surface area contributed by atoms with Crippen LogP contribution in [0.3, 0.4) is 0 Å². The number of nitrogens with one attached hydrogen (secondary N) is 2. The quantitative estimate of drug-likeness (QED) is 0.797. The molecule has 5 nitrogen and oxygen atoms in total. The van der Waals surface area contributed by atoms with Gasteiger partial charge in [-0.1, -0.05) is 19.3 Å². The molecule has 120 valence electrons. The van der Waals surface area contributed by atoms with Gasteiger partial charge in [-0.25, -0.2) is 0 Å². The van der Waals surface area contributed by atoms with E-state index >= 15 is 0 Å². The molecule has 0 aromatic carbocycles. The van der Waals surface area contributed by atoms with Gasteiger partial charge in [0.05, 0.1) is 0 Å². The first-order valence-electron chi connectivity index (χ1n) is 7.89. The molecule has 1 aliphatic carbocycles. The van der Waals surface area contributed by atoms with Crippen molar-refractivity contribution in [3.05, 3.63) is 0 Å². The van der Waals surface area contributed by atoms with Gasteiger partial charge in [0.25, 0.3) is 0 Å². The molecule has 2 aliphatic heterocycles. The molecule has 0 radical (unpaired) electrons. The van der Waals surface area contributed by atoms with Crippen LogP contribution in [0.1, 0.15) is 39.0 Å². The minimum absolute atomic E-state index is 0. The molecule has 21 heavy (non-hydrogen) atoms. The lowest BCUT2D eigenvalue weighted by Crippen LogP contribution is -2.60. The fraction of sp³-hybridized carbons (Fsp3) is 0.867. The van der Waals surface area contributed by atoms with Crippen LogP contribution < -0.4 is 10.6 Å². The number of carbonyl (C=O) groups is 2. The van der Waals surface area contributed by atoms with Crippen LogP contribution in [0.25, 0.3) is 0 Å². The van der Waals surface area contributed by atoms with Crippen molar-refractivity contribution < 1.29 is 9.59 Å². The average molecular weight is 316 g/mol. The Bertz CT molecular complexity index is 398. The third kappa shape index (κ3) is 3.19. The fourth-order valence-electron chi connectivity index (χ4n) is 4.21. The summed E-state index contributed by atoms with van der Waals surface area (Å²) in [6.07, 6.45) is 4.84. The van der Waals surface area contributed by atoms with Crippen LogP contribution in [-0.2, 0) is 9.59 Å². The topological polar surface area (TPSA) is 61.4 Å². The maximum absolute atomic E-state index is 13.0. The van der Waals surface area contributed by atoms with Crippen LogP contribution in [0, 0.1) is 11.8 Å². The minimum atomic E-state index is -0.615. The molecule has 0 bridgehead atoms. The third-order valence-corrected chi connectivity index (χ3v) is 5.21. The molecular weight excluding hydrogens is 290 g/mol. The summed E-state index contributed by atoms with van der Waals surface area (Å²) in [5, 5.41) is 6.39. The van der Waals surface area contributed by atoms with E-state index in [9.17, 15) is 9.59 Å². The zero-order chi connectivity index (χ0) is 14.2. The van der Waals surface area contributed by atoms with Crippen molar-refractivity contribution >= 4 is 24.2 Å². The van der Waals surface area contributed by atoms with Gasteiger partial charge < -0.3 is 15.5 Å². The minimum Gasteiger partial charge on any atom is -0.342 e. The normalized spacial score (nSPS) is 30.4. The largest absolute Gasteiger partial charge is 0.342 e. The van der Waals surface area contributed by atoms with Gasteiger partial charge in [0.15, 0.2) is 0 Å². The Kier molecular flexibility index (Phi) is 5.15. The summed E-state index contributed by atoms with van der Waals surface area (Å²) in [5.74, 6) is 1.30. The lowest BCUT2D eigenvalue weighted by atomic mass is 9.80. The standard InChI is InChI=1S/C15H25N3O2.ClH/c1-11(19)17-15(5-3-2-4-6-15)14(20)18-9-12-7-16-8-13(12)10-18;/h12-13,16H,2-10H2,1H3,(H,17,19);1H/t12-,13+;. The van der Waals surface area contributed by atoms with Gasteiger partial charge in [0.1, 0.15) is 5.54 Å². The van der Waals surface area contributed by atoms with E-state index in [4.69, 9.17) is 0 Å². The van der Waals surface area contributed by atoms with Crippen molar-refractivity contribution in [1.29, 1.82) is 0 Å². The zero-order valence-electron chi connectivity index (χ0n) is 12.7. The molecule has 2 amide bonds. The molecule has 3 rings (SSSR count). The summed E-state index contributed by atoms with van der Waals surface area (Å²) < 4.78 is 0. The summed E-state index contributed by atoms with van der Waals surface area (Å²) >= 11 is 0. The number of hydrogen-bond donors (Lipinski definition) is 2. The fourth-order valence-corrected chi connectivity index (χ4v) is 4.21. The number of hydrogen-bond acceptors (Lipinski definition) is 3. The molecule has 0 aromatic rings. The molecule has 2 N–H and O–H groups in total. The molecule has 0 spiro atoms. The molecule has 2 heterocycles. The number of nitrogens with zero attached hydrogens (tertiary/aromatic N) is 1. The maximum atomic E-state index is 13.0. The first-order chi connectivity index (χ1) is 9.61. The molecule has 0 unspecified atom stereocenters. The second kappa shape index (κ2) is 6.53. The van der Waals surface area contributed by atoms with Crippen molar-refractivity contribution in [3.63, 3.8) is 0 Å². The molecule has 2 saturated heterocycles. The molecule has 0 aromatic heterocycles. The van der Waals surface area contributed by atoms with Crippen LogP contribution in [0.15, 0.2) is 0 Å². The maximum Gasteiger partial charge on any atom is 0.248 e. The van der Waals surface area contributed by atoms with Crippen LogP contribution in [0.2, 0.25) is 0 Å². The van der Waals surface area contributed by atoms with Gasteiger partial charge in [0, 0.05) is 33.1 Å². The second-order valence-corrected chi connectivity index (χ2v) is 6.71. The van der Waals surface area contributed by atoms with E-state index in [0.29, 0.717) is 11.8 Å². The van der Waals surface area contributed by atoms with Crippen LogP contribution in [-0.4, -0.2) is 48.4 Å². The highest BCUT2D eigenvalue weighted by Gasteiger charge is 2.47. The first-order valence-corrected chi connectivity index (χ1v) is 7.89. The number of fused-ring (bicyclic) bond motifs is 1. The van der Waals surface area contributed by atoms with Crippen LogP contribution in [0.4, 0.5) is 0 Å². The van der Waals surface area contributed by atoms with Crippen molar-refractivity contribution in [2.24, 2.45) is 11.8 Å². The lowest BCUT2D eigenvalue weighted by molar-refractivity contribution is -0.142. The lowest BCUT2D eigenvalue weighted by Gasteiger charge is -2.39. The van der Waals surface area contributed by atoms with E-state index in [-0.39, 0.29) is 24.2 Å². The Morgan fingerprint density at radius 1 is 1.10 bits per heavy atom. The summed E-state index contributed by atoms with van der Waals surface area (Å²) in [4.78, 5) is 26.5. The predicted molar refractivity (Wildman–Crippen MR) is 83.3 cm³/mol. The number of amides is 2. The summed E-state index contributed by atoms with van der Waals surface area (Å²) in [5.41, 5.74) is -0.615. The van der Waals surface area contributed by atoms with Gasteiger partial charge in [-0.05, 0) is 24.7 Å². The van der Waals surface area contributed by atoms with E-state index in [1.165, 1.54) is 13.3 Å². The van der Waals surface area contributed by atoms with Crippen molar-refractivity contribution in [1.82, 2.24) is 15.5 Å². The Labute approximate surface area is 132 Å². The molecule has 6 heteroatoms. The van der Waals surface area contributed by atoms with Crippen molar-refractivity contribution in [3.8, 4) is 0 Å². The average Bonchev–Trinajstić information content (AvgIpc) is 2.98. The van der Waals surface area contributed by atoms with Gasteiger partial charge in [0.2, 0.25) is 11.8 Å². The predicted octanol–water partition coefficient (Wildman–Crippen LogP) is 0.925. The van der Waals surface area contributed by atoms with E-state index in [1.807, 2.05) is 4.90 Å². The van der Waals surface area contributed by atoms with E-state index < -0.39 is 5.54 Å². The summed E-state index contributed by atoms with van der Waals surface area (Å²) in [6.45, 7) is 5.30. The molecule has 3 fully saturated rings. The Morgan fingerprint density at radius 3 is 2.19 bits per heavy atom. The number of rotatable bonds is 2. The number of halogens is 1. The molecule has 3 aliphatic rings. The molecular formula is C15H26ClN3O2. The second-order valence-electron chi connectivity index (χ2n) is 6.71. The van der Waals surface area contributed by atoms with E-state index in [1.54, 1.807) is 0 Å². The summed E-state index contributed by atoms with van der Waals surface area (Å²) in [6, 6.07) is 0. The van der Waals surface area contributed by atoms with Gasteiger partial charge in [-0.15, -0.1) is 12.4 Å². The van der Waals surface area contributed by atoms with Gasteiger partial charge in [-0.3, -0.25) is 9.59 Å². The highest BCUT2D eigenvalue weighted by atomic mass is 35.5. The van der Waals surface area contributed by atoms with Crippen LogP contribution in [0.5, 0.6) is 0 Å². The smallest absolute Gasteiger partial charge is 0.248 e. The van der Waals surface area contributed by atoms with Gasteiger partial charge >= 0.3 is 0 Å². The summed E-state index contributed by atoms with van der Waals surface area (Å²) in [7, 11) is 0. The van der Waals surface area contributed by atoms with Gasteiger partial charge in [-0.2, -0.15) is 0 Å². The van der Waals surface area contributed by atoms with Crippen molar-refractivity contribution in [2.45, 2.75) is 44.6 Å². The number of carbonyl (C=O) groups excluding carboxylic acids is 2. The monoisotopic (exact) mass is 315 g/mol. The SMILES string of the molecule is CC(=O)NC1(C(=O)N2C[C@H]3CNC[C@H]3C2)CCCCC1.Cl. The molecule has 2 atom stereocenters. The number of likely N-dealkylation sites (tertiary alicyclic amines) is 1. The third-order valence-electron chi connectivity index (χ3n) is 5.21. The Hall–Kier alpha value is -0.810. The van der Waals surface area contributed by atoms with E-state index in [0.717, 1.165) is 51.9 Å². The molecule has 1 saturated carbocycles. The van der Waals surface area contributed by atoms with E-state index in [2.05, 4.69) is 10.6 Å². The highest BCUT2D eigenvalue weighted by molar-refractivity contribution is 5.91. The Balaban J connectivity index is 0.00000161. The van der Waals surface area contributed by atoms with Crippen LogP contribution >= 0.6 is 12.4 Å². The highest BCUT2D eigenvalue weighted by Crippen LogP contribution is 2.34. The van der Waals surface area contributed by atoms with Crippen molar-refractivity contribution in [2.75, 3.05) is 26.2 Å². The first kappa shape index (κ1) is 16.6. The zero-order valence-corrected chi connectivity index (χ0v) is 13.5.